The second-order valence-electron chi connectivity index (χ2n) is 6.70. The zero-order chi connectivity index (χ0) is 16.3. The lowest BCUT2D eigenvalue weighted by Crippen LogP contribution is -2.59. The fraction of sp³-hybridized carbons (Fsp3) is 0.800. The van der Waals surface area contributed by atoms with E-state index in [1.54, 1.807) is 20.8 Å². The van der Waals surface area contributed by atoms with Crippen LogP contribution in [0.15, 0.2) is 0 Å². The number of hydrogen-bond acceptors (Lipinski definition) is 5. The van der Waals surface area contributed by atoms with E-state index >= 15 is 0 Å². The van der Waals surface area contributed by atoms with Crippen molar-refractivity contribution in [1.82, 2.24) is 0 Å². The zero-order valence-corrected chi connectivity index (χ0v) is 12.9. The molecule has 1 aliphatic carbocycles. The van der Waals surface area contributed by atoms with Crippen LogP contribution in [0, 0.1) is 11.3 Å². The molecule has 120 valence electrons. The Morgan fingerprint density at radius 1 is 1.24 bits per heavy atom. The third-order valence-corrected chi connectivity index (χ3v) is 4.01. The average Bonchev–Trinajstić information content (AvgIpc) is 2.39. The second kappa shape index (κ2) is 6.56. The predicted octanol–water partition coefficient (Wildman–Crippen LogP) is 1.51. The Morgan fingerprint density at radius 3 is 2.14 bits per heavy atom. The Bertz CT molecular complexity index is 409. The number of nitrogens with two attached hydrogens (primary N) is 1. The monoisotopic (exact) mass is 299 g/mol. The number of carbonyl (C=O) groups is 3. The third kappa shape index (κ3) is 3.81. The minimum atomic E-state index is -1.81. The van der Waals surface area contributed by atoms with Gasteiger partial charge in [-0.25, -0.2) is 0 Å². The molecule has 0 bridgehead atoms. The molecule has 3 N–H and O–H groups in total. The molecule has 0 aliphatic heterocycles. The Kier molecular flexibility index (Phi) is 5.50. The highest BCUT2D eigenvalue weighted by molar-refractivity contribution is 6.00. The smallest absolute Gasteiger partial charge is 0.322 e. The fourth-order valence-corrected chi connectivity index (χ4v) is 2.92. The molecule has 6 nitrogen and oxygen atoms in total. The number of ether oxygens (including phenoxy) is 1. The lowest BCUT2D eigenvalue weighted by atomic mass is 9.65. The van der Waals surface area contributed by atoms with E-state index in [0.717, 1.165) is 19.3 Å². The number of rotatable bonds is 5. The van der Waals surface area contributed by atoms with Crippen molar-refractivity contribution in [3.8, 4) is 0 Å². The van der Waals surface area contributed by atoms with Gasteiger partial charge in [0.1, 0.15) is 17.9 Å². The topological polar surface area (TPSA) is 107 Å². The maximum absolute atomic E-state index is 12.6. The number of carbonyl (C=O) groups excluding carboxylic acids is 2. The van der Waals surface area contributed by atoms with Crippen molar-refractivity contribution in [2.45, 2.75) is 64.5 Å². The van der Waals surface area contributed by atoms with Crippen molar-refractivity contribution in [3.05, 3.63) is 0 Å². The summed E-state index contributed by atoms with van der Waals surface area (Å²) in [4.78, 5) is 35.6. The van der Waals surface area contributed by atoms with Crippen molar-refractivity contribution in [2.75, 3.05) is 0 Å². The van der Waals surface area contributed by atoms with Gasteiger partial charge in [-0.2, -0.15) is 0 Å². The highest BCUT2D eigenvalue weighted by Crippen LogP contribution is 2.41. The molecule has 2 atom stereocenters. The molecular weight excluding hydrogens is 274 g/mol. The van der Waals surface area contributed by atoms with E-state index in [-0.39, 0.29) is 5.92 Å². The molecule has 0 amide bonds. The molecule has 1 aliphatic rings. The van der Waals surface area contributed by atoms with Crippen LogP contribution in [0.4, 0.5) is 0 Å². The lowest BCUT2D eigenvalue weighted by Gasteiger charge is -2.40. The second-order valence-corrected chi connectivity index (χ2v) is 6.70. The number of hydrogen-bond donors (Lipinski definition) is 2. The van der Waals surface area contributed by atoms with Crippen LogP contribution in [0.2, 0.25) is 0 Å². The first-order valence-corrected chi connectivity index (χ1v) is 7.33. The maximum Gasteiger partial charge on any atom is 0.322 e. The van der Waals surface area contributed by atoms with Crippen molar-refractivity contribution >= 4 is 18.2 Å². The van der Waals surface area contributed by atoms with Crippen molar-refractivity contribution in [1.29, 1.82) is 0 Å². The van der Waals surface area contributed by atoms with E-state index in [9.17, 15) is 19.5 Å². The van der Waals surface area contributed by atoms with Gasteiger partial charge in [0.05, 0.1) is 0 Å². The van der Waals surface area contributed by atoms with Gasteiger partial charge >= 0.3 is 11.9 Å². The van der Waals surface area contributed by atoms with Gasteiger partial charge in [0.2, 0.25) is 0 Å². The van der Waals surface area contributed by atoms with Crippen LogP contribution in [0.1, 0.15) is 52.9 Å². The molecule has 0 aromatic rings. The number of carboxylic acid groups (broad SMARTS) is 1. The van der Waals surface area contributed by atoms with Gasteiger partial charge in [0.25, 0.3) is 0 Å². The molecular formula is C15H25NO5. The van der Waals surface area contributed by atoms with Gasteiger partial charge in [0, 0.05) is 0 Å². The van der Waals surface area contributed by atoms with Crippen LogP contribution in [0.5, 0.6) is 0 Å². The van der Waals surface area contributed by atoms with E-state index in [4.69, 9.17) is 10.5 Å². The van der Waals surface area contributed by atoms with Gasteiger partial charge in [-0.05, 0) is 39.5 Å². The SMILES string of the molecule is CC(C)(C)OC(=O)[C@@](C=O)(C1CCCCC1)[C@H](N)C(=O)O. The number of aldehydes is 1. The fourth-order valence-electron chi connectivity index (χ4n) is 2.92. The Hall–Kier alpha value is -1.43. The molecule has 6 heteroatoms. The summed E-state index contributed by atoms with van der Waals surface area (Å²) in [6, 6.07) is -1.59. The minimum Gasteiger partial charge on any atom is -0.480 e. The zero-order valence-electron chi connectivity index (χ0n) is 12.9. The summed E-state index contributed by atoms with van der Waals surface area (Å²) in [5, 5.41) is 9.23. The quantitative estimate of drug-likeness (QED) is 0.452. The minimum absolute atomic E-state index is 0.385. The lowest BCUT2D eigenvalue weighted by molar-refractivity contribution is -0.178. The van der Waals surface area contributed by atoms with Crippen LogP contribution < -0.4 is 5.73 Å². The van der Waals surface area contributed by atoms with Gasteiger partial charge < -0.3 is 20.4 Å². The van der Waals surface area contributed by atoms with Crippen LogP contribution in [0.25, 0.3) is 0 Å². The van der Waals surface area contributed by atoms with Crippen molar-refractivity contribution < 1.29 is 24.2 Å². The summed E-state index contributed by atoms with van der Waals surface area (Å²) in [7, 11) is 0. The predicted molar refractivity (Wildman–Crippen MR) is 76.5 cm³/mol. The Morgan fingerprint density at radius 2 is 1.76 bits per heavy atom. The number of carboxylic acids is 1. The highest BCUT2D eigenvalue weighted by Gasteiger charge is 2.55. The molecule has 0 saturated heterocycles. The largest absolute Gasteiger partial charge is 0.480 e. The standard InChI is InChI=1S/C15H25NO5/c1-14(2,3)21-13(20)15(9-17,11(16)12(18)19)10-7-5-4-6-8-10/h9-11H,4-8,16H2,1-3H3,(H,18,19)/t11-,15+/m1/s1. The normalized spacial score (nSPS) is 21.1. The molecule has 1 fully saturated rings. The van der Waals surface area contributed by atoms with Crippen molar-refractivity contribution in [3.63, 3.8) is 0 Å². The first kappa shape index (κ1) is 17.6. The average molecular weight is 299 g/mol. The maximum atomic E-state index is 12.6. The molecule has 0 unspecified atom stereocenters. The number of esters is 1. The summed E-state index contributed by atoms with van der Waals surface area (Å²) in [5.41, 5.74) is 3.11. The first-order valence-electron chi connectivity index (χ1n) is 7.33. The first-order chi connectivity index (χ1) is 9.65. The summed E-state index contributed by atoms with van der Waals surface area (Å²) in [6.07, 6.45) is 4.35. The van der Waals surface area contributed by atoms with Crippen LogP contribution in [0.3, 0.4) is 0 Å². The third-order valence-electron chi connectivity index (χ3n) is 4.01. The van der Waals surface area contributed by atoms with Gasteiger partial charge in [-0.1, -0.05) is 19.3 Å². The summed E-state index contributed by atoms with van der Waals surface area (Å²) >= 11 is 0. The van der Waals surface area contributed by atoms with Crippen molar-refractivity contribution in [2.24, 2.45) is 17.1 Å². The van der Waals surface area contributed by atoms with Gasteiger partial charge in [-0.15, -0.1) is 0 Å². The van der Waals surface area contributed by atoms with Crippen LogP contribution >= 0.6 is 0 Å². The molecule has 0 aromatic heterocycles. The summed E-state index contributed by atoms with van der Waals surface area (Å²) in [6.45, 7) is 5.02. The molecule has 0 spiro atoms. The van der Waals surface area contributed by atoms with Gasteiger partial charge in [-0.3, -0.25) is 9.59 Å². The van der Waals surface area contributed by atoms with Crippen LogP contribution in [-0.2, 0) is 19.1 Å². The van der Waals surface area contributed by atoms with E-state index in [0.29, 0.717) is 19.1 Å². The highest BCUT2D eigenvalue weighted by atomic mass is 16.6. The Balaban J connectivity index is 3.21. The van der Waals surface area contributed by atoms with E-state index < -0.39 is 29.0 Å². The van der Waals surface area contributed by atoms with E-state index in [1.807, 2.05) is 0 Å². The van der Waals surface area contributed by atoms with Crippen LogP contribution in [-0.4, -0.2) is 35.0 Å². The molecule has 0 aromatic carbocycles. The molecule has 21 heavy (non-hydrogen) atoms. The molecule has 0 heterocycles. The molecule has 0 radical (unpaired) electrons. The van der Waals surface area contributed by atoms with E-state index in [2.05, 4.69) is 0 Å². The number of aliphatic carboxylic acids is 1. The summed E-state index contributed by atoms with van der Waals surface area (Å²) < 4.78 is 5.31. The van der Waals surface area contributed by atoms with Gasteiger partial charge in [0.15, 0.2) is 5.41 Å². The Labute approximate surface area is 125 Å². The molecule has 1 saturated carbocycles. The molecule has 1 rings (SSSR count). The van der Waals surface area contributed by atoms with E-state index in [1.165, 1.54) is 0 Å². The summed E-state index contributed by atoms with van der Waals surface area (Å²) in [5.74, 6) is -2.57.